The zero-order valence-electron chi connectivity index (χ0n) is 5.91. The highest BCUT2D eigenvalue weighted by atomic mass is 32.2. The predicted molar refractivity (Wildman–Crippen MR) is 59.9 cm³/mol. The van der Waals surface area contributed by atoms with Crippen molar-refractivity contribution >= 4 is 48.8 Å². The first kappa shape index (κ1) is 9.49. The number of thioether (sulfide) groups is 2. The molecule has 0 radical (unpaired) electrons. The number of hydrogen-bond acceptors (Lipinski definition) is 4. The highest BCUT2D eigenvalue weighted by Gasteiger charge is 2.27. The molecule has 0 spiro atoms. The molecular formula is C6H12S4. The zero-order chi connectivity index (χ0) is 7.61. The van der Waals surface area contributed by atoms with Gasteiger partial charge in [-0.1, -0.05) is 0 Å². The summed E-state index contributed by atoms with van der Waals surface area (Å²) in [5, 5.41) is 0.744. The van der Waals surface area contributed by atoms with E-state index in [1.807, 2.05) is 23.5 Å². The summed E-state index contributed by atoms with van der Waals surface area (Å²) in [6.45, 7) is 2.18. The van der Waals surface area contributed by atoms with Gasteiger partial charge < -0.3 is 0 Å². The fourth-order valence-corrected chi connectivity index (χ4v) is 4.25. The van der Waals surface area contributed by atoms with Crippen LogP contribution in [0.4, 0.5) is 0 Å². The van der Waals surface area contributed by atoms with Crippen molar-refractivity contribution in [2.45, 2.75) is 16.3 Å². The van der Waals surface area contributed by atoms with Crippen LogP contribution in [0.15, 0.2) is 0 Å². The van der Waals surface area contributed by atoms with Gasteiger partial charge in [-0.15, -0.1) is 11.8 Å². The lowest BCUT2D eigenvalue weighted by Gasteiger charge is -2.31. The first-order valence-corrected chi connectivity index (χ1v) is 6.34. The van der Waals surface area contributed by atoms with Gasteiger partial charge in [-0.3, -0.25) is 0 Å². The third-order valence-corrected chi connectivity index (χ3v) is 6.10. The lowest BCUT2D eigenvalue weighted by molar-refractivity contribution is 1.00. The van der Waals surface area contributed by atoms with Gasteiger partial charge in [0.05, 0.1) is 4.08 Å². The Morgan fingerprint density at radius 1 is 1.70 bits per heavy atom. The van der Waals surface area contributed by atoms with Gasteiger partial charge in [-0.05, 0) is 6.92 Å². The summed E-state index contributed by atoms with van der Waals surface area (Å²) in [6.07, 6.45) is 0. The highest BCUT2D eigenvalue weighted by molar-refractivity contribution is 8.15. The molecule has 1 fully saturated rings. The SMILES string of the molecule is CC1(S)CSC(CS)CS1. The second-order valence-corrected chi connectivity index (χ2v) is 7.07. The van der Waals surface area contributed by atoms with Crippen molar-refractivity contribution in [2.24, 2.45) is 0 Å². The number of rotatable bonds is 1. The van der Waals surface area contributed by atoms with E-state index >= 15 is 0 Å². The van der Waals surface area contributed by atoms with E-state index in [-0.39, 0.29) is 4.08 Å². The van der Waals surface area contributed by atoms with Gasteiger partial charge in [0.1, 0.15) is 0 Å². The van der Waals surface area contributed by atoms with Gasteiger partial charge in [0.25, 0.3) is 0 Å². The normalized spacial score (nSPS) is 41.7. The van der Waals surface area contributed by atoms with Gasteiger partial charge in [-0.25, -0.2) is 0 Å². The van der Waals surface area contributed by atoms with E-state index in [9.17, 15) is 0 Å². The molecule has 2 atom stereocenters. The van der Waals surface area contributed by atoms with Crippen LogP contribution in [0, 0.1) is 0 Å². The highest BCUT2D eigenvalue weighted by Crippen LogP contribution is 2.40. The van der Waals surface area contributed by atoms with Crippen molar-refractivity contribution in [3.63, 3.8) is 0 Å². The van der Waals surface area contributed by atoms with Crippen molar-refractivity contribution in [2.75, 3.05) is 17.3 Å². The van der Waals surface area contributed by atoms with Crippen LogP contribution in [-0.4, -0.2) is 26.6 Å². The maximum absolute atomic E-state index is 4.51. The Balaban J connectivity index is 2.31. The second kappa shape index (κ2) is 3.87. The summed E-state index contributed by atoms with van der Waals surface area (Å²) in [5.41, 5.74) is 0. The van der Waals surface area contributed by atoms with E-state index in [4.69, 9.17) is 0 Å². The summed E-state index contributed by atoms with van der Waals surface area (Å²) >= 11 is 12.7. The molecule has 4 heteroatoms. The van der Waals surface area contributed by atoms with E-state index in [1.165, 1.54) is 5.75 Å². The summed E-state index contributed by atoms with van der Waals surface area (Å²) in [4.78, 5) is 0. The molecule has 0 nitrogen and oxygen atoms in total. The minimum Gasteiger partial charge on any atom is -0.178 e. The van der Waals surface area contributed by atoms with Crippen LogP contribution in [0.3, 0.4) is 0 Å². The van der Waals surface area contributed by atoms with Crippen LogP contribution in [0.2, 0.25) is 0 Å². The quantitative estimate of drug-likeness (QED) is 0.641. The Morgan fingerprint density at radius 3 is 2.80 bits per heavy atom. The van der Waals surface area contributed by atoms with Crippen LogP contribution in [0.5, 0.6) is 0 Å². The average molecular weight is 212 g/mol. The second-order valence-electron chi connectivity index (χ2n) is 2.60. The molecule has 2 unspecified atom stereocenters. The molecule has 60 valence electrons. The molecule has 0 aromatic carbocycles. The smallest absolute Gasteiger partial charge is 0.0643 e. The molecule has 0 saturated carbocycles. The minimum atomic E-state index is 0.199. The van der Waals surface area contributed by atoms with E-state index < -0.39 is 0 Å². The Morgan fingerprint density at radius 2 is 2.40 bits per heavy atom. The molecule has 1 aliphatic rings. The molecule has 0 aromatic heterocycles. The minimum absolute atomic E-state index is 0.199. The molecule has 1 aliphatic heterocycles. The third-order valence-electron chi connectivity index (χ3n) is 1.37. The summed E-state index contributed by atoms with van der Waals surface area (Å²) in [7, 11) is 0. The molecule has 1 heterocycles. The lowest BCUT2D eigenvalue weighted by Crippen LogP contribution is -2.27. The van der Waals surface area contributed by atoms with Crippen LogP contribution >= 0.6 is 48.8 Å². The zero-order valence-corrected chi connectivity index (χ0v) is 9.33. The molecule has 0 aromatic rings. The van der Waals surface area contributed by atoms with Crippen LogP contribution in [-0.2, 0) is 0 Å². The Kier molecular flexibility index (Phi) is 3.68. The van der Waals surface area contributed by atoms with E-state index in [1.54, 1.807) is 0 Å². The van der Waals surface area contributed by atoms with Crippen LogP contribution in [0.25, 0.3) is 0 Å². The van der Waals surface area contributed by atoms with Gasteiger partial charge in [0.15, 0.2) is 0 Å². The molecule has 1 rings (SSSR count). The maximum atomic E-state index is 4.51. The first-order valence-electron chi connectivity index (χ1n) is 3.23. The van der Waals surface area contributed by atoms with Gasteiger partial charge >= 0.3 is 0 Å². The fraction of sp³-hybridized carbons (Fsp3) is 1.00. The number of thiol groups is 2. The largest absolute Gasteiger partial charge is 0.178 e. The topological polar surface area (TPSA) is 0 Å². The predicted octanol–water partition coefficient (Wildman–Crippen LogP) is 2.41. The standard InChI is InChI=1S/C6H12S4/c1-6(8)4-9-5(2-7)3-10-6/h5,7-8H,2-4H2,1H3. The van der Waals surface area contributed by atoms with Crippen molar-refractivity contribution in [3.8, 4) is 0 Å². The van der Waals surface area contributed by atoms with Gasteiger partial charge in [0, 0.05) is 22.5 Å². The molecule has 0 aliphatic carbocycles. The van der Waals surface area contributed by atoms with Crippen LogP contribution < -0.4 is 0 Å². The molecule has 0 bridgehead atoms. The van der Waals surface area contributed by atoms with E-state index in [2.05, 4.69) is 32.2 Å². The first-order chi connectivity index (χ1) is 4.64. The monoisotopic (exact) mass is 212 g/mol. The Hall–Kier alpha value is 1.40. The van der Waals surface area contributed by atoms with Crippen molar-refractivity contribution in [3.05, 3.63) is 0 Å². The van der Waals surface area contributed by atoms with Gasteiger partial charge in [-0.2, -0.15) is 37.0 Å². The Labute approximate surface area is 82.1 Å². The number of hydrogen-bond donors (Lipinski definition) is 2. The Bertz CT molecular complexity index is 102. The fourth-order valence-electron chi connectivity index (χ4n) is 0.740. The molecule has 0 N–H and O–H groups in total. The van der Waals surface area contributed by atoms with E-state index in [0.717, 1.165) is 16.8 Å². The summed E-state index contributed by atoms with van der Waals surface area (Å²) < 4.78 is 0.199. The average Bonchev–Trinajstić information content (AvgIpc) is 1.88. The van der Waals surface area contributed by atoms with Crippen molar-refractivity contribution in [1.82, 2.24) is 0 Å². The summed E-state index contributed by atoms with van der Waals surface area (Å²) in [5.74, 6) is 3.35. The summed E-state index contributed by atoms with van der Waals surface area (Å²) in [6, 6.07) is 0. The lowest BCUT2D eigenvalue weighted by atomic mass is 10.5. The van der Waals surface area contributed by atoms with Crippen molar-refractivity contribution in [1.29, 1.82) is 0 Å². The van der Waals surface area contributed by atoms with Crippen LogP contribution in [0.1, 0.15) is 6.92 Å². The third kappa shape index (κ3) is 2.80. The molecular weight excluding hydrogens is 200 g/mol. The van der Waals surface area contributed by atoms with Gasteiger partial charge in [0.2, 0.25) is 0 Å². The maximum Gasteiger partial charge on any atom is 0.0643 e. The van der Waals surface area contributed by atoms with Crippen molar-refractivity contribution < 1.29 is 0 Å². The molecule has 1 saturated heterocycles. The van der Waals surface area contributed by atoms with E-state index in [0.29, 0.717) is 0 Å². The molecule has 10 heavy (non-hydrogen) atoms. The molecule has 0 amide bonds.